The molecule has 3 heteroatoms. The fourth-order valence-electron chi connectivity index (χ4n) is 1.42. The Kier molecular flexibility index (Phi) is 3.15. The Morgan fingerprint density at radius 1 is 1.33 bits per heavy atom. The van der Waals surface area contributed by atoms with Crippen LogP contribution in [0.5, 0.6) is 0 Å². The molecule has 0 amide bonds. The second kappa shape index (κ2) is 4.75. The molecule has 2 aromatic heterocycles. The summed E-state index contributed by atoms with van der Waals surface area (Å²) in [6.07, 6.45) is 5.39. The molecule has 0 unspecified atom stereocenters. The van der Waals surface area contributed by atoms with E-state index in [-0.39, 0.29) is 0 Å². The van der Waals surface area contributed by atoms with Crippen molar-refractivity contribution in [1.82, 2.24) is 10.3 Å². The van der Waals surface area contributed by atoms with E-state index < -0.39 is 0 Å². The minimum atomic E-state index is 0.751. The summed E-state index contributed by atoms with van der Waals surface area (Å²) < 4.78 is 5.22. The number of hydrogen-bond acceptors (Lipinski definition) is 3. The van der Waals surface area contributed by atoms with Crippen LogP contribution in [0, 0.1) is 6.92 Å². The summed E-state index contributed by atoms with van der Waals surface area (Å²) in [6.45, 7) is 3.66. The second-order valence-corrected chi connectivity index (χ2v) is 3.49. The second-order valence-electron chi connectivity index (χ2n) is 3.49. The highest BCUT2D eigenvalue weighted by atomic mass is 16.3. The molecule has 1 N–H and O–H groups in total. The molecule has 0 spiro atoms. The molecule has 0 aliphatic heterocycles. The molecular formula is C12H14N2O. The van der Waals surface area contributed by atoms with Crippen LogP contribution in [-0.4, -0.2) is 4.98 Å². The van der Waals surface area contributed by atoms with Gasteiger partial charge in [0.05, 0.1) is 12.8 Å². The topological polar surface area (TPSA) is 38.1 Å². The molecule has 0 radical (unpaired) electrons. The van der Waals surface area contributed by atoms with Gasteiger partial charge < -0.3 is 9.73 Å². The lowest BCUT2D eigenvalue weighted by Crippen LogP contribution is -2.13. The number of rotatable bonds is 4. The molecule has 0 atom stereocenters. The van der Waals surface area contributed by atoms with E-state index >= 15 is 0 Å². The van der Waals surface area contributed by atoms with Crippen LogP contribution in [0.4, 0.5) is 0 Å². The fraction of sp³-hybridized carbons (Fsp3) is 0.250. The molecule has 0 aliphatic carbocycles. The van der Waals surface area contributed by atoms with Crippen LogP contribution in [0.1, 0.15) is 16.9 Å². The van der Waals surface area contributed by atoms with Crippen LogP contribution in [0.3, 0.4) is 0 Å². The van der Waals surface area contributed by atoms with E-state index in [0.717, 1.165) is 18.8 Å². The highest BCUT2D eigenvalue weighted by Gasteiger charge is 1.98. The van der Waals surface area contributed by atoms with Gasteiger partial charge in [0.25, 0.3) is 0 Å². The van der Waals surface area contributed by atoms with E-state index in [1.807, 2.05) is 30.6 Å². The minimum Gasteiger partial charge on any atom is -0.468 e. The number of aromatic nitrogens is 1. The predicted octanol–water partition coefficient (Wildman–Crippen LogP) is 2.27. The third kappa shape index (κ3) is 2.67. The van der Waals surface area contributed by atoms with Gasteiger partial charge in [-0.1, -0.05) is 0 Å². The molecule has 0 saturated carbocycles. The average Bonchev–Trinajstić information content (AvgIpc) is 2.74. The van der Waals surface area contributed by atoms with Gasteiger partial charge in [0.1, 0.15) is 5.76 Å². The predicted molar refractivity (Wildman–Crippen MR) is 58.2 cm³/mol. The van der Waals surface area contributed by atoms with Gasteiger partial charge >= 0.3 is 0 Å². The van der Waals surface area contributed by atoms with Crippen molar-refractivity contribution >= 4 is 0 Å². The molecule has 3 nitrogen and oxygen atoms in total. The summed E-state index contributed by atoms with van der Waals surface area (Å²) >= 11 is 0. The van der Waals surface area contributed by atoms with Crippen molar-refractivity contribution in [1.29, 1.82) is 0 Å². The molecule has 0 aliphatic rings. The van der Waals surface area contributed by atoms with Gasteiger partial charge in [-0.3, -0.25) is 4.98 Å². The molecular weight excluding hydrogens is 188 g/mol. The molecule has 2 aromatic rings. The van der Waals surface area contributed by atoms with Gasteiger partial charge in [0.2, 0.25) is 0 Å². The smallest absolute Gasteiger partial charge is 0.117 e. The van der Waals surface area contributed by atoms with Crippen LogP contribution >= 0.6 is 0 Å². The van der Waals surface area contributed by atoms with Gasteiger partial charge in [0.15, 0.2) is 0 Å². The van der Waals surface area contributed by atoms with Crippen LogP contribution in [0.25, 0.3) is 0 Å². The van der Waals surface area contributed by atoms with E-state index in [0.29, 0.717) is 0 Å². The zero-order chi connectivity index (χ0) is 10.5. The zero-order valence-electron chi connectivity index (χ0n) is 8.73. The lowest BCUT2D eigenvalue weighted by atomic mass is 10.1. The Hall–Kier alpha value is -1.61. The maximum atomic E-state index is 5.22. The van der Waals surface area contributed by atoms with Crippen LogP contribution in [0.15, 0.2) is 41.3 Å². The Balaban J connectivity index is 1.86. The molecule has 0 fully saturated rings. The largest absolute Gasteiger partial charge is 0.468 e. The van der Waals surface area contributed by atoms with E-state index in [1.54, 1.807) is 6.26 Å². The SMILES string of the molecule is Cc1ccncc1CNCc1ccco1. The first-order valence-electron chi connectivity index (χ1n) is 4.99. The normalized spacial score (nSPS) is 10.5. The van der Waals surface area contributed by atoms with Gasteiger partial charge in [-0.15, -0.1) is 0 Å². The maximum absolute atomic E-state index is 5.22. The first-order chi connectivity index (χ1) is 7.36. The lowest BCUT2D eigenvalue weighted by molar-refractivity contribution is 0.482. The van der Waals surface area contributed by atoms with Crippen molar-refractivity contribution in [3.8, 4) is 0 Å². The van der Waals surface area contributed by atoms with Crippen molar-refractivity contribution in [3.05, 3.63) is 53.7 Å². The van der Waals surface area contributed by atoms with Crippen molar-refractivity contribution in [3.63, 3.8) is 0 Å². The Morgan fingerprint density at radius 3 is 3.00 bits per heavy atom. The summed E-state index contributed by atoms with van der Waals surface area (Å²) in [5, 5.41) is 3.31. The number of nitrogens with one attached hydrogen (secondary N) is 1. The summed E-state index contributed by atoms with van der Waals surface area (Å²) in [5.41, 5.74) is 2.49. The van der Waals surface area contributed by atoms with E-state index in [2.05, 4.69) is 17.2 Å². The van der Waals surface area contributed by atoms with E-state index in [1.165, 1.54) is 11.1 Å². The van der Waals surface area contributed by atoms with Crippen molar-refractivity contribution < 1.29 is 4.42 Å². The standard InChI is InChI=1S/C12H14N2O/c1-10-4-5-13-7-11(10)8-14-9-12-3-2-6-15-12/h2-7,14H,8-9H2,1H3. The first-order valence-corrected chi connectivity index (χ1v) is 4.99. The molecule has 78 valence electrons. The highest BCUT2D eigenvalue weighted by molar-refractivity contribution is 5.21. The van der Waals surface area contributed by atoms with Gasteiger partial charge in [-0.05, 0) is 36.2 Å². The van der Waals surface area contributed by atoms with Crippen molar-refractivity contribution in [2.45, 2.75) is 20.0 Å². The van der Waals surface area contributed by atoms with E-state index in [4.69, 9.17) is 4.42 Å². The summed E-state index contributed by atoms with van der Waals surface area (Å²) in [6, 6.07) is 5.87. The monoisotopic (exact) mass is 202 g/mol. The number of pyridine rings is 1. The first kappa shape index (κ1) is 9.93. The Bertz CT molecular complexity index is 409. The average molecular weight is 202 g/mol. The molecule has 2 heterocycles. The quantitative estimate of drug-likeness (QED) is 0.826. The lowest BCUT2D eigenvalue weighted by Gasteiger charge is -2.05. The summed E-state index contributed by atoms with van der Waals surface area (Å²) in [7, 11) is 0. The van der Waals surface area contributed by atoms with Gasteiger partial charge in [-0.25, -0.2) is 0 Å². The number of aryl methyl sites for hydroxylation is 1. The van der Waals surface area contributed by atoms with Crippen molar-refractivity contribution in [2.75, 3.05) is 0 Å². The Morgan fingerprint density at radius 2 is 2.27 bits per heavy atom. The zero-order valence-corrected chi connectivity index (χ0v) is 8.73. The summed E-state index contributed by atoms with van der Waals surface area (Å²) in [5.74, 6) is 0.955. The molecule has 2 rings (SSSR count). The molecule has 0 saturated heterocycles. The summed E-state index contributed by atoms with van der Waals surface area (Å²) in [4.78, 5) is 4.10. The van der Waals surface area contributed by atoms with Crippen LogP contribution in [0.2, 0.25) is 0 Å². The molecule has 0 bridgehead atoms. The van der Waals surface area contributed by atoms with Crippen molar-refractivity contribution in [2.24, 2.45) is 0 Å². The maximum Gasteiger partial charge on any atom is 0.117 e. The van der Waals surface area contributed by atoms with E-state index in [9.17, 15) is 0 Å². The minimum absolute atomic E-state index is 0.751. The molecule has 15 heavy (non-hydrogen) atoms. The Labute approximate surface area is 89.1 Å². The number of furan rings is 1. The third-order valence-corrected chi connectivity index (χ3v) is 2.34. The van der Waals surface area contributed by atoms with Crippen LogP contribution < -0.4 is 5.32 Å². The molecule has 0 aromatic carbocycles. The van der Waals surface area contributed by atoms with Gasteiger partial charge in [-0.2, -0.15) is 0 Å². The fourth-order valence-corrected chi connectivity index (χ4v) is 1.42. The van der Waals surface area contributed by atoms with Crippen LogP contribution in [-0.2, 0) is 13.1 Å². The van der Waals surface area contributed by atoms with Gasteiger partial charge in [0, 0.05) is 18.9 Å². The number of hydrogen-bond donors (Lipinski definition) is 1. The third-order valence-electron chi connectivity index (χ3n) is 2.34. The number of nitrogens with zero attached hydrogens (tertiary/aromatic N) is 1. The highest BCUT2D eigenvalue weighted by Crippen LogP contribution is 2.05.